The maximum absolute atomic E-state index is 3.49. The first-order chi connectivity index (χ1) is 3.00. The van der Waals surface area contributed by atoms with E-state index in [1.54, 1.807) is 0 Å². The molecule has 1 rings (SSSR count). The van der Waals surface area contributed by atoms with Crippen molar-refractivity contribution >= 4 is 0 Å². The molecule has 0 saturated heterocycles. The molecule has 1 aromatic rings. The van der Waals surface area contributed by atoms with Crippen LogP contribution in [0.5, 0.6) is 0 Å². The van der Waals surface area contributed by atoms with E-state index < -0.39 is 0 Å². The third-order valence-corrected chi connectivity index (χ3v) is 0.368. The molecule has 0 saturated carbocycles. The summed E-state index contributed by atoms with van der Waals surface area (Å²) in [4.78, 5) is 3.49. The lowest BCUT2D eigenvalue weighted by molar-refractivity contribution is 0.957. The van der Waals surface area contributed by atoms with Crippen molar-refractivity contribution in [2.24, 2.45) is 0 Å². The zero-order valence-electron chi connectivity index (χ0n) is 3.00. The van der Waals surface area contributed by atoms with Gasteiger partial charge in [0.15, 0.2) is 0 Å². The summed E-state index contributed by atoms with van der Waals surface area (Å²) < 4.78 is 0. The molecule has 3 heteroatoms. The van der Waals surface area contributed by atoms with Crippen molar-refractivity contribution in [3.05, 3.63) is 18.7 Å². The molecule has 0 spiro atoms. The average Bonchev–Trinajstić information content (AvgIpc) is 1.72. The Morgan fingerprint density at radius 2 is 2.33 bits per heavy atom. The van der Waals surface area contributed by atoms with Crippen LogP contribution < -0.4 is 0 Å². The standard InChI is InChI=1S/C3H2N3/c1-2-5-6-3-4-1/h1-2H. The van der Waals surface area contributed by atoms with Crippen LogP contribution in [0.3, 0.4) is 0 Å². The van der Waals surface area contributed by atoms with E-state index in [1.165, 1.54) is 12.4 Å². The van der Waals surface area contributed by atoms with Crippen LogP contribution in [0.25, 0.3) is 0 Å². The van der Waals surface area contributed by atoms with Crippen LogP contribution in [0.15, 0.2) is 12.4 Å². The topological polar surface area (TPSA) is 38.7 Å². The van der Waals surface area contributed by atoms with Gasteiger partial charge >= 0.3 is 0 Å². The van der Waals surface area contributed by atoms with Crippen molar-refractivity contribution in [1.29, 1.82) is 0 Å². The van der Waals surface area contributed by atoms with Gasteiger partial charge in [-0.2, -0.15) is 5.10 Å². The number of aromatic nitrogens is 3. The molecule has 0 unspecified atom stereocenters. The summed E-state index contributed by atoms with van der Waals surface area (Å²) in [5, 5.41) is 6.72. The lowest BCUT2D eigenvalue weighted by Gasteiger charge is -1.67. The van der Waals surface area contributed by atoms with Gasteiger partial charge in [0.25, 0.3) is 0 Å². The number of nitrogens with zero attached hydrogens (tertiary/aromatic N) is 3. The van der Waals surface area contributed by atoms with Gasteiger partial charge in [0.1, 0.15) is 0 Å². The highest BCUT2D eigenvalue weighted by Gasteiger charge is 1.62. The molecule has 0 N–H and O–H groups in total. The smallest absolute Gasteiger partial charge is 0.221 e. The van der Waals surface area contributed by atoms with Gasteiger partial charge in [0.05, 0.1) is 6.20 Å². The van der Waals surface area contributed by atoms with Crippen LogP contribution in [-0.4, -0.2) is 15.2 Å². The minimum absolute atomic E-state index is 1.50. The molecule has 0 amide bonds. The largest absolute Gasteiger partial charge is 0.231 e. The Labute approximate surface area is 35.1 Å². The van der Waals surface area contributed by atoms with Crippen LogP contribution in [0.4, 0.5) is 0 Å². The van der Waals surface area contributed by atoms with Gasteiger partial charge in [-0.3, -0.25) is 0 Å². The molecule has 0 atom stereocenters. The predicted octanol–water partition coefficient (Wildman–Crippen LogP) is -0.328. The summed E-state index contributed by atoms with van der Waals surface area (Å²) in [5.74, 6) is 0. The third-order valence-electron chi connectivity index (χ3n) is 0.368. The van der Waals surface area contributed by atoms with Gasteiger partial charge in [-0.1, -0.05) is 0 Å². The number of hydrogen-bond donors (Lipinski definition) is 0. The summed E-state index contributed by atoms with van der Waals surface area (Å²) in [7, 11) is 0. The van der Waals surface area contributed by atoms with Crippen molar-refractivity contribution in [2.75, 3.05) is 0 Å². The van der Waals surface area contributed by atoms with E-state index >= 15 is 0 Å². The molecule has 0 aromatic carbocycles. The number of rotatable bonds is 0. The van der Waals surface area contributed by atoms with Gasteiger partial charge in [-0.25, -0.2) is 4.98 Å². The Hall–Kier alpha value is -0.990. The quantitative estimate of drug-likeness (QED) is 0.428. The normalized spacial score (nSPS) is 8.00. The molecular formula is C3H2N3. The van der Waals surface area contributed by atoms with Gasteiger partial charge in [-0.05, 0) is 0 Å². The first kappa shape index (κ1) is 3.21. The lowest BCUT2D eigenvalue weighted by atomic mass is 10.9. The van der Waals surface area contributed by atoms with Gasteiger partial charge in [-0.15, -0.1) is 5.10 Å². The molecule has 0 aliphatic carbocycles. The fourth-order valence-electron chi connectivity index (χ4n) is 0.181. The maximum atomic E-state index is 3.49. The molecule has 1 radical (unpaired) electrons. The molecule has 1 heterocycles. The van der Waals surface area contributed by atoms with Gasteiger partial charge < -0.3 is 0 Å². The Kier molecular flexibility index (Phi) is 0.774. The SMILES string of the molecule is [c]1nccnn1. The van der Waals surface area contributed by atoms with Crippen LogP contribution in [0.2, 0.25) is 0 Å². The summed E-state index contributed by atoms with van der Waals surface area (Å²) >= 11 is 0. The minimum Gasteiger partial charge on any atom is -0.231 e. The molecule has 0 bridgehead atoms. The monoisotopic (exact) mass is 80.0 g/mol. The van der Waals surface area contributed by atoms with E-state index in [1.807, 2.05) is 0 Å². The van der Waals surface area contributed by atoms with Crippen LogP contribution in [0, 0.1) is 6.33 Å². The highest BCUT2D eigenvalue weighted by Crippen LogP contribution is 1.57. The molecular weight excluding hydrogens is 78.1 g/mol. The lowest BCUT2D eigenvalue weighted by Crippen LogP contribution is -1.76. The third kappa shape index (κ3) is 0.484. The van der Waals surface area contributed by atoms with E-state index in [0.29, 0.717) is 0 Å². The number of hydrogen-bond acceptors (Lipinski definition) is 3. The summed E-state index contributed by atoms with van der Waals surface area (Å²) in [6, 6.07) is 0. The van der Waals surface area contributed by atoms with Crippen LogP contribution in [0.1, 0.15) is 0 Å². The Morgan fingerprint density at radius 1 is 1.33 bits per heavy atom. The van der Waals surface area contributed by atoms with Crippen LogP contribution in [-0.2, 0) is 0 Å². The first-order valence-electron chi connectivity index (χ1n) is 1.50. The summed E-state index contributed by atoms with van der Waals surface area (Å²) in [6.45, 7) is 0. The summed E-state index contributed by atoms with van der Waals surface area (Å²) in [5.41, 5.74) is 0. The predicted molar refractivity (Wildman–Crippen MR) is 18.7 cm³/mol. The van der Waals surface area contributed by atoms with E-state index in [9.17, 15) is 0 Å². The van der Waals surface area contributed by atoms with E-state index in [4.69, 9.17) is 0 Å². The molecule has 3 nitrogen and oxygen atoms in total. The summed E-state index contributed by atoms with van der Waals surface area (Å²) in [6.07, 6.45) is 5.30. The second kappa shape index (κ2) is 1.45. The second-order valence-electron chi connectivity index (χ2n) is 0.743. The van der Waals surface area contributed by atoms with Gasteiger partial charge in [0, 0.05) is 6.20 Å². The molecule has 0 aliphatic heterocycles. The first-order valence-corrected chi connectivity index (χ1v) is 1.50. The highest BCUT2D eigenvalue weighted by atomic mass is 15.1. The minimum atomic E-state index is 1.50. The van der Waals surface area contributed by atoms with Crippen LogP contribution >= 0.6 is 0 Å². The van der Waals surface area contributed by atoms with Crippen molar-refractivity contribution in [2.45, 2.75) is 0 Å². The molecule has 1 aromatic heterocycles. The Bertz CT molecular complexity index is 78.0. The zero-order chi connectivity index (χ0) is 4.24. The Balaban J connectivity index is 3.00. The molecule has 0 fully saturated rings. The maximum Gasteiger partial charge on any atom is 0.221 e. The highest BCUT2D eigenvalue weighted by molar-refractivity contribution is 4.57. The van der Waals surface area contributed by atoms with Crippen molar-refractivity contribution in [3.63, 3.8) is 0 Å². The Morgan fingerprint density at radius 3 is 2.50 bits per heavy atom. The van der Waals surface area contributed by atoms with Crippen molar-refractivity contribution in [1.82, 2.24) is 15.2 Å². The van der Waals surface area contributed by atoms with Crippen molar-refractivity contribution in [3.8, 4) is 0 Å². The van der Waals surface area contributed by atoms with Crippen molar-refractivity contribution < 1.29 is 0 Å². The van der Waals surface area contributed by atoms with Gasteiger partial charge in [0.2, 0.25) is 6.33 Å². The molecule has 0 aliphatic rings. The van der Waals surface area contributed by atoms with E-state index in [-0.39, 0.29) is 0 Å². The van der Waals surface area contributed by atoms with E-state index in [2.05, 4.69) is 21.5 Å². The molecule has 29 valence electrons. The van der Waals surface area contributed by atoms with E-state index in [0.717, 1.165) is 0 Å². The fourth-order valence-corrected chi connectivity index (χ4v) is 0.181. The second-order valence-corrected chi connectivity index (χ2v) is 0.743. The average molecular weight is 80.1 g/mol. The fraction of sp³-hybridized carbons (Fsp3) is 0. The molecule has 6 heavy (non-hydrogen) atoms. The zero-order valence-corrected chi connectivity index (χ0v) is 3.00.